The van der Waals surface area contributed by atoms with Crippen LogP contribution in [0.15, 0.2) is 23.8 Å². The van der Waals surface area contributed by atoms with E-state index in [9.17, 15) is 4.79 Å². The van der Waals surface area contributed by atoms with Crippen LogP contribution >= 0.6 is 11.3 Å². The Morgan fingerprint density at radius 2 is 2.20 bits per heavy atom. The summed E-state index contributed by atoms with van der Waals surface area (Å²) in [5.74, 6) is 0.0252. The van der Waals surface area contributed by atoms with E-state index >= 15 is 0 Å². The Morgan fingerprint density at radius 1 is 1.45 bits per heavy atom. The Kier molecular flexibility index (Phi) is 4.78. The van der Waals surface area contributed by atoms with Gasteiger partial charge in [-0.3, -0.25) is 4.79 Å². The van der Waals surface area contributed by atoms with E-state index in [1.807, 2.05) is 5.38 Å². The van der Waals surface area contributed by atoms with Crippen molar-refractivity contribution in [1.29, 1.82) is 0 Å². The number of rotatable bonds is 5. The van der Waals surface area contributed by atoms with Crippen molar-refractivity contribution in [2.24, 2.45) is 0 Å². The largest absolute Gasteiger partial charge is 0.368 e. The quantitative estimate of drug-likeness (QED) is 0.812. The van der Waals surface area contributed by atoms with Crippen molar-refractivity contribution in [1.82, 2.24) is 20.3 Å². The molecular weight excluding hydrogens is 274 g/mol. The number of thiazole rings is 1. The molecule has 0 saturated carbocycles. The molecule has 2 aromatic heterocycles. The molecule has 2 aromatic rings. The number of aryl methyl sites for hydroxylation is 1. The molecule has 0 atom stereocenters. The summed E-state index contributed by atoms with van der Waals surface area (Å²) in [6.45, 7) is 2.49. The second-order valence-corrected chi connectivity index (χ2v) is 4.95. The van der Waals surface area contributed by atoms with Crippen molar-refractivity contribution in [2.45, 2.75) is 19.9 Å². The lowest BCUT2D eigenvalue weighted by Crippen LogP contribution is -2.20. The molecule has 0 radical (unpaired) electrons. The zero-order valence-electron chi connectivity index (χ0n) is 11.0. The Morgan fingerprint density at radius 3 is 2.85 bits per heavy atom. The summed E-state index contributed by atoms with van der Waals surface area (Å²) in [5, 5.41) is 5.68. The summed E-state index contributed by atoms with van der Waals surface area (Å²) in [5.41, 5.74) is 7.15. The fraction of sp³-hybridized carbons (Fsp3) is 0.231. The van der Waals surface area contributed by atoms with Crippen LogP contribution in [0.4, 0.5) is 5.95 Å². The van der Waals surface area contributed by atoms with Gasteiger partial charge in [-0.2, -0.15) is 0 Å². The second-order valence-electron chi connectivity index (χ2n) is 4.01. The number of hydrogen-bond donors (Lipinski definition) is 2. The highest BCUT2D eigenvalue weighted by molar-refractivity contribution is 7.09. The van der Waals surface area contributed by atoms with Gasteiger partial charge in [0.15, 0.2) is 0 Å². The molecule has 0 aliphatic carbocycles. The lowest BCUT2D eigenvalue weighted by Gasteiger charge is -1.98. The monoisotopic (exact) mass is 289 g/mol. The Labute approximate surface area is 120 Å². The fourth-order valence-electron chi connectivity index (χ4n) is 1.42. The molecule has 7 heteroatoms. The number of nitrogens with two attached hydrogens (primary N) is 1. The van der Waals surface area contributed by atoms with Crippen LogP contribution in [0.1, 0.15) is 23.2 Å². The third-order valence-corrected chi connectivity index (χ3v) is 3.39. The molecule has 104 valence electrons. The van der Waals surface area contributed by atoms with Crippen molar-refractivity contribution in [2.75, 3.05) is 5.73 Å². The van der Waals surface area contributed by atoms with Crippen molar-refractivity contribution in [3.8, 4) is 0 Å². The number of aromatic nitrogens is 3. The maximum Gasteiger partial charge on any atom is 0.244 e. The van der Waals surface area contributed by atoms with Gasteiger partial charge in [0.2, 0.25) is 11.9 Å². The maximum atomic E-state index is 11.6. The van der Waals surface area contributed by atoms with E-state index in [2.05, 4.69) is 27.2 Å². The highest BCUT2D eigenvalue weighted by Gasteiger charge is 2.02. The molecule has 2 rings (SSSR count). The molecule has 0 aliphatic rings. The van der Waals surface area contributed by atoms with E-state index < -0.39 is 0 Å². The number of carbonyl (C=O) groups is 1. The highest BCUT2D eigenvalue weighted by atomic mass is 32.1. The van der Waals surface area contributed by atoms with Crippen molar-refractivity contribution >= 4 is 29.3 Å². The third kappa shape index (κ3) is 4.13. The van der Waals surface area contributed by atoms with Gasteiger partial charge in [0.25, 0.3) is 0 Å². The molecule has 0 aromatic carbocycles. The van der Waals surface area contributed by atoms with Crippen LogP contribution in [-0.4, -0.2) is 20.9 Å². The average Bonchev–Trinajstić information content (AvgIpc) is 2.92. The first-order valence-corrected chi connectivity index (χ1v) is 7.02. The Balaban J connectivity index is 1.84. The normalized spacial score (nSPS) is 10.8. The first-order chi connectivity index (χ1) is 9.67. The van der Waals surface area contributed by atoms with Crippen LogP contribution in [0.2, 0.25) is 0 Å². The summed E-state index contributed by atoms with van der Waals surface area (Å²) in [7, 11) is 0. The van der Waals surface area contributed by atoms with Gasteiger partial charge in [-0.25, -0.2) is 15.0 Å². The molecule has 0 saturated heterocycles. The number of amides is 1. The molecule has 1 amide bonds. The van der Waals surface area contributed by atoms with Gasteiger partial charge in [-0.05, 0) is 12.5 Å². The Bertz CT molecular complexity index is 605. The van der Waals surface area contributed by atoms with Crippen LogP contribution in [0.5, 0.6) is 0 Å². The van der Waals surface area contributed by atoms with Crippen LogP contribution < -0.4 is 11.1 Å². The number of hydrogen-bond acceptors (Lipinski definition) is 6. The zero-order valence-corrected chi connectivity index (χ0v) is 11.9. The predicted molar refractivity (Wildman–Crippen MR) is 78.8 cm³/mol. The van der Waals surface area contributed by atoms with Gasteiger partial charge >= 0.3 is 0 Å². The minimum absolute atomic E-state index is 0.185. The van der Waals surface area contributed by atoms with Crippen molar-refractivity contribution < 1.29 is 4.79 Å². The SMILES string of the molecule is CCc1csc(CNC(=O)/C=C/c2cnc(N)nc2)n1. The Hall–Kier alpha value is -2.28. The molecule has 0 spiro atoms. The smallest absolute Gasteiger partial charge is 0.244 e. The van der Waals surface area contributed by atoms with Gasteiger partial charge in [0.05, 0.1) is 12.2 Å². The lowest BCUT2D eigenvalue weighted by molar-refractivity contribution is -0.116. The topological polar surface area (TPSA) is 93.8 Å². The third-order valence-electron chi connectivity index (χ3n) is 2.49. The second kappa shape index (κ2) is 6.76. The molecule has 20 heavy (non-hydrogen) atoms. The van der Waals surface area contributed by atoms with Crippen molar-refractivity contribution in [3.63, 3.8) is 0 Å². The summed E-state index contributed by atoms with van der Waals surface area (Å²) >= 11 is 1.55. The highest BCUT2D eigenvalue weighted by Crippen LogP contribution is 2.09. The van der Waals surface area contributed by atoms with Crippen LogP contribution in [0.3, 0.4) is 0 Å². The summed E-state index contributed by atoms with van der Waals surface area (Å²) in [6.07, 6.45) is 7.08. The summed E-state index contributed by atoms with van der Waals surface area (Å²) < 4.78 is 0. The predicted octanol–water partition coefficient (Wildman–Crippen LogP) is 1.41. The van der Waals surface area contributed by atoms with Gasteiger partial charge < -0.3 is 11.1 Å². The molecule has 0 unspecified atom stereocenters. The van der Waals surface area contributed by atoms with Crippen LogP contribution in [-0.2, 0) is 17.8 Å². The zero-order chi connectivity index (χ0) is 14.4. The lowest BCUT2D eigenvalue weighted by atomic mass is 10.3. The van der Waals surface area contributed by atoms with E-state index in [0.717, 1.165) is 22.7 Å². The number of nitrogens with zero attached hydrogens (tertiary/aromatic N) is 3. The molecule has 0 aliphatic heterocycles. The van der Waals surface area contributed by atoms with Gasteiger partial charge in [-0.1, -0.05) is 6.92 Å². The van der Waals surface area contributed by atoms with E-state index in [4.69, 9.17) is 5.73 Å². The molecule has 2 heterocycles. The van der Waals surface area contributed by atoms with Gasteiger partial charge in [0, 0.05) is 29.4 Å². The molecule has 0 fully saturated rings. The van der Waals surface area contributed by atoms with Gasteiger partial charge in [0.1, 0.15) is 5.01 Å². The first-order valence-electron chi connectivity index (χ1n) is 6.14. The maximum absolute atomic E-state index is 11.6. The minimum atomic E-state index is -0.185. The first kappa shape index (κ1) is 14.1. The summed E-state index contributed by atoms with van der Waals surface area (Å²) in [6, 6.07) is 0. The number of nitrogen functional groups attached to an aromatic ring is 1. The van der Waals surface area contributed by atoms with E-state index in [1.54, 1.807) is 29.8 Å². The molecule has 0 bridgehead atoms. The average molecular weight is 289 g/mol. The standard InChI is InChI=1S/C13H15N5OS/c1-2-10-8-20-12(18-10)7-15-11(19)4-3-9-5-16-13(14)17-6-9/h3-6,8H,2,7H2,1H3,(H,15,19)(H2,14,16,17)/b4-3+. The van der Waals surface area contributed by atoms with E-state index in [1.165, 1.54) is 6.08 Å². The van der Waals surface area contributed by atoms with Gasteiger partial charge in [-0.15, -0.1) is 11.3 Å². The van der Waals surface area contributed by atoms with Crippen LogP contribution in [0, 0.1) is 0 Å². The molecule has 3 N–H and O–H groups in total. The van der Waals surface area contributed by atoms with Crippen LogP contribution in [0.25, 0.3) is 6.08 Å². The fourth-order valence-corrected chi connectivity index (χ4v) is 2.24. The van der Waals surface area contributed by atoms with E-state index in [0.29, 0.717) is 6.54 Å². The molecular formula is C13H15N5OS. The van der Waals surface area contributed by atoms with E-state index in [-0.39, 0.29) is 11.9 Å². The number of anilines is 1. The number of nitrogens with one attached hydrogen (secondary N) is 1. The molecule has 6 nitrogen and oxygen atoms in total. The van der Waals surface area contributed by atoms with Crippen molar-refractivity contribution in [3.05, 3.63) is 40.1 Å². The summed E-state index contributed by atoms with van der Waals surface area (Å²) in [4.78, 5) is 23.7. The minimum Gasteiger partial charge on any atom is -0.368 e. The number of carbonyl (C=O) groups excluding carboxylic acids is 1.